The molecule has 0 aliphatic rings. The van der Waals surface area contributed by atoms with E-state index in [4.69, 9.17) is 10.5 Å². The van der Waals surface area contributed by atoms with Gasteiger partial charge in [0.2, 0.25) is 0 Å². The highest BCUT2D eigenvalue weighted by Gasteiger charge is 2.12. The Kier molecular flexibility index (Phi) is 2.27. The third-order valence-corrected chi connectivity index (χ3v) is 1.30. The van der Waals surface area contributed by atoms with Crippen LogP contribution in [0.2, 0.25) is 0 Å². The highest BCUT2D eigenvalue weighted by atomic mass is 16.5. The van der Waals surface area contributed by atoms with Crippen LogP contribution in [-0.4, -0.2) is 5.60 Å². The standard InChI is InChI=1S/C10H14NO/c1-10(2,3)12-9-7-5-4-6-8(9)11/h4-7,11H,1-3H3. The molecule has 1 rings (SSSR count). The van der Waals surface area contributed by atoms with Crippen molar-refractivity contribution in [3.63, 3.8) is 0 Å². The molecule has 0 saturated heterocycles. The van der Waals surface area contributed by atoms with E-state index in [1.165, 1.54) is 0 Å². The number of para-hydroxylation sites is 1. The number of rotatable bonds is 1. The Morgan fingerprint density at radius 3 is 2.25 bits per heavy atom. The molecule has 0 aromatic heterocycles. The van der Waals surface area contributed by atoms with Crippen LogP contribution < -0.4 is 10.5 Å². The summed E-state index contributed by atoms with van der Waals surface area (Å²) in [6.07, 6.45) is 0. The van der Waals surface area contributed by atoms with E-state index in [9.17, 15) is 0 Å². The van der Waals surface area contributed by atoms with Crippen molar-refractivity contribution in [3.8, 4) is 5.75 Å². The second kappa shape index (κ2) is 3.05. The maximum Gasteiger partial charge on any atom is 0.144 e. The third kappa shape index (κ3) is 2.46. The fraction of sp³-hybridized carbons (Fsp3) is 0.400. The van der Waals surface area contributed by atoms with Crippen molar-refractivity contribution < 1.29 is 4.74 Å². The maximum atomic E-state index is 7.53. The zero-order chi connectivity index (χ0) is 9.19. The first-order valence-electron chi connectivity index (χ1n) is 3.99. The van der Waals surface area contributed by atoms with Crippen LogP contribution in [-0.2, 0) is 0 Å². The number of ether oxygens (including phenoxy) is 1. The lowest BCUT2D eigenvalue weighted by molar-refractivity contribution is 0.131. The largest absolute Gasteiger partial charge is 0.486 e. The zero-order valence-corrected chi connectivity index (χ0v) is 7.72. The fourth-order valence-corrected chi connectivity index (χ4v) is 0.886. The van der Waals surface area contributed by atoms with E-state index in [0.717, 1.165) is 0 Å². The first-order valence-corrected chi connectivity index (χ1v) is 3.99. The Labute approximate surface area is 73.3 Å². The SMILES string of the molecule is CC(C)(C)Oc1ccccc1[NH]. The summed E-state index contributed by atoms with van der Waals surface area (Å²) in [4.78, 5) is 0. The van der Waals surface area contributed by atoms with Gasteiger partial charge in [0.25, 0.3) is 0 Å². The number of benzene rings is 1. The molecule has 1 N–H and O–H groups in total. The van der Waals surface area contributed by atoms with Gasteiger partial charge in [0, 0.05) is 0 Å². The van der Waals surface area contributed by atoms with Gasteiger partial charge in [-0.3, -0.25) is 5.73 Å². The molecule has 65 valence electrons. The summed E-state index contributed by atoms with van der Waals surface area (Å²) < 4.78 is 5.54. The number of hydrogen-bond donors (Lipinski definition) is 0. The van der Waals surface area contributed by atoms with E-state index in [1.54, 1.807) is 6.07 Å². The minimum Gasteiger partial charge on any atom is -0.486 e. The second-order valence-electron chi connectivity index (χ2n) is 3.71. The monoisotopic (exact) mass is 164 g/mol. The molecule has 0 unspecified atom stereocenters. The zero-order valence-electron chi connectivity index (χ0n) is 7.72. The lowest BCUT2D eigenvalue weighted by Crippen LogP contribution is -2.23. The molecule has 1 aromatic carbocycles. The van der Waals surface area contributed by atoms with Crippen molar-refractivity contribution in [2.45, 2.75) is 26.4 Å². The van der Waals surface area contributed by atoms with Crippen LogP contribution in [0.4, 0.5) is 5.69 Å². The van der Waals surface area contributed by atoms with Crippen molar-refractivity contribution >= 4 is 5.69 Å². The van der Waals surface area contributed by atoms with Crippen LogP contribution in [0.5, 0.6) is 5.75 Å². The topological polar surface area (TPSA) is 33.0 Å². The highest BCUT2D eigenvalue weighted by Crippen LogP contribution is 2.25. The van der Waals surface area contributed by atoms with Gasteiger partial charge in [0.05, 0.1) is 5.69 Å². The molecule has 1 aromatic rings. The maximum absolute atomic E-state index is 7.53. The Bertz CT molecular complexity index is 263. The molecule has 2 nitrogen and oxygen atoms in total. The van der Waals surface area contributed by atoms with Gasteiger partial charge in [-0.2, -0.15) is 0 Å². The van der Waals surface area contributed by atoms with Gasteiger partial charge in [-0.25, -0.2) is 0 Å². The van der Waals surface area contributed by atoms with Crippen LogP contribution in [0, 0.1) is 0 Å². The number of hydrogen-bond acceptors (Lipinski definition) is 1. The predicted molar refractivity (Wildman–Crippen MR) is 49.6 cm³/mol. The van der Waals surface area contributed by atoms with Crippen LogP contribution in [0.3, 0.4) is 0 Å². The summed E-state index contributed by atoms with van der Waals surface area (Å²) >= 11 is 0. The molecule has 0 amide bonds. The van der Waals surface area contributed by atoms with Crippen LogP contribution in [0.1, 0.15) is 20.8 Å². The van der Waals surface area contributed by atoms with Gasteiger partial charge in [-0.1, -0.05) is 12.1 Å². The van der Waals surface area contributed by atoms with Crippen molar-refractivity contribution in [1.29, 1.82) is 0 Å². The highest BCUT2D eigenvalue weighted by molar-refractivity contribution is 5.48. The molecule has 12 heavy (non-hydrogen) atoms. The summed E-state index contributed by atoms with van der Waals surface area (Å²) in [5.41, 5.74) is 7.74. The molecule has 2 heteroatoms. The Balaban J connectivity index is 2.83. The van der Waals surface area contributed by atoms with Crippen LogP contribution in [0.15, 0.2) is 24.3 Å². The summed E-state index contributed by atoms with van der Waals surface area (Å²) in [5.74, 6) is 0.644. The molecule has 0 atom stereocenters. The van der Waals surface area contributed by atoms with Gasteiger partial charge in [0.1, 0.15) is 11.4 Å². The first-order chi connectivity index (χ1) is 5.49. The second-order valence-corrected chi connectivity index (χ2v) is 3.71. The van der Waals surface area contributed by atoms with E-state index in [-0.39, 0.29) is 5.60 Å². The first kappa shape index (κ1) is 8.91. The van der Waals surface area contributed by atoms with Crippen molar-refractivity contribution in [1.82, 2.24) is 5.73 Å². The molecule has 0 saturated carbocycles. The summed E-state index contributed by atoms with van der Waals surface area (Å²) in [6, 6.07) is 7.24. The summed E-state index contributed by atoms with van der Waals surface area (Å²) in [6.45, 7) is 5.92. The quantitative estimate of drug-likeness (QED) is 0.628. The van der Waals surface area contributed by atoms with E-state index in [1.807, 2.05) is 39.0 Å². The molecule has 1 radical (unpaired) electrons. The minimum absolute atomic E-state index is 0.225. The summed E-state index contributed by atoms with van der Waals surface area (Å²) in [7, 11) is 0. The third-order valence-electron chi connectivity index (χ3n) is 1.30. The number of nitrogens with one attached hydrogen (secondary N) is 1. The molecular weight excluding hydrogens is 150 g/mol. The molecular formula is C10H14NO. The van der Waals surface area contributed by atoms with Crippen molar-refractivity contribution in [2.75, 3.05) is 0 Å². The summed E-state index contributed by atoms with van der Waals surface area (Å²) in [5, 5.41) is 0. The van der Waals surface area contributed by atoms with Gasteiger partial charge >= 0.3 is 0 Å². The molecule has 0 aliphatic heterocycles. The lowest BCUT2D eigenvalue weighted by atomic mass is 10.2. The van der Waals surface area contributed by atoms with E-state index < -0.39 is 0 Å². The molecule has 0 spiro atoms. The Morgan fingerprint density at radius 1 is 1.17 bits per heavy atom. The molecule has 0 aliphatic carbocycles. The van der Waals surface area contributed by atoms with Crippen molar-refractivity contribution in [2.24, 2.45) is 0 Å². The smallest absolute Gasteiger partial charge is 0.144 e. The molecule has 0 fully saturated rings. The fourth-order valence-electron chi connectivity index (χ4n) is 0.886. The van der Waals surface area contributed by atoms with Gasteiger partial charge in [-0.05, 0) is 32.9 Å². The predicted octanol–water partition coefficient (Wildman–Crippen LogP) is 2.78. The van der Waals surface area contributed by atoms with E-state index in [2.05, 4.69) is 0 Å². The van der Waals surface area contributed by atoms with Crippen LogP contribution >= 0.6 is 0 Å². The Hall–Kier alpha value is -1.18. The lowest BCUT2D eigenvalue weighted by Gasteiger charge is -2.21. The molecule has 0 heterocycles. The van der Waals surface area contributed by atoms with Gasteiger partial charge in [-0.15, -0.1) is 0 Å². The van der Waals surface area contributed by atoms with E-state index >= 15 is 0 Å². The van der Waals surface area contributed by atoms with E-state index in [0.29, 0.717) is 11.4 Å². The normalized spacial score (nSPS) is 11.2. The van der Waals surface area contributed by atoms with Crippen LogP contribution in [0.25, 0.3) is 0 Å². The Morgan fingerprint density at radius 2 is 1.75 bits per heavy atom. The average molecular weight is 164 g/mol. The van der Waals surface area contributed by atoms with Gasteiger partial charge < -0.3 is 4.74 Å². The average Bonchev–Trinajstić information content (AvgIpc) is 1.91. The van der Waals surface area contributed by atoms with Crippen molar-refractivity contribution in [3.05, 3.63) is 24.3 Å². The molecule has 0 bridgehead atoms. The minimum atomic E-state index is -0.225. The van der Waals surface area contributed by atoms with Gasteiger partial charge in [0.15, 0.2) is 0 Å².